The number of alkyl halides is 2. The van der Waals surface area contributed by atoms with Gasteiger partial charge in [-0.25, -0.2) is 8.78 Å². The summed E-state index contributed by atoms with van der Waals surface area (Å²) in [4.78, 5) is 0. The first-order valence-corrected chi connectivity index (χ1v) is 4.97. The van der Waals surface area contributed by atoms with Crippen LogP contribution in [0.25, 0.3) is 0 Å². The van der Waals surface area contributed by atoms with Gasteiger partial charge in [0.05, 0.1) is 27.2 Å². The van der Waals surface area contributed by atoms with Crippen molar-refractivity contribution in [1.29, 1.82) is 0 Å². The van der Waals surface area contributed by atoms with Crippen molar-refractivity contribution >= 4 is 0 Å². The van der Waals surface area contributed by atoms with Crippen molar-refractivity contribution in [2.45, 2.75) is 39.0 Å². The van der Waals surface area contributed by atoms with E-state index in [1.165, 1.54) is 0 Å². The molecule has 0 aromatic carbocycles. The largest absolute Gasteiger partial charge is 0.329 e. The Morgan fingerprint density at radius 3 is 2.08 bits per heavy atom. The number of halogens is 2. The van der Waals surface area contributed by atoms with Crippen LogP contribution < -0.4 is 0 Å². The lowest BCUT2D eigenvalue weighted by atomic mass is 10.1. The molecule has 3 heteroatoms. The van der Waals surface area contributed by atoms with Crippen LogP contribution in [0.15, 0.2) is 0 Å². The average Bonchev–Trinajstić information content (AvgIpc) is 1.97. The maximum absolute atomic E-state index is 12.4. The summed E-state index contributed by atoms with van der Waals surface area (Å²) in [7, 11) is 4.26. The maximum Gasteiger partial charge on any atom is 0.245 e. The lowest BCUT2D eigenvalue weighted by Crippen LogP contribution is -2.40. The Balaban J connectivity index is 3.47. The third kappa shape index (κ3) is 8.16. The van der Waals surface area contributed by atoms with E-state index in [4.69, 9.17) is 0 Å². The smallest absolute Gasteiger partial charge is 0.245 e. The third-order valence-electron chi connectivity index (χ3n) is 2.49. The van der Waals surface area contributed by atoms with Crippen LogP contribution in [0.2, 0.25) is 0 Å². The van der Waals surface area contributed by atoms with E-state index in [0.29, 0.717) is 6.42 Å². The van der Waals surface area contributed by atoms with E-state index in [1.807, 2.05) is 0 Å². The molecule has 0 atom stereocenters. The summed E-state index contributed by atoms with van der Waals surface area (Å²) in [6, 6.07) is 0. The Morgan fingerprint density at radius 2 is 1.69 bits per heavy atom. The number of rotatable bonds is 6. The minimum Gasteiger partial charge on any atom is -0.329 e. The molecule has 0 saturated carbocycles. The van der Waals surface area contributed by atoms with E-state index >= 15 is 0 Å². The summed E-state index contributed by atoms with van der Waals surface area (Å²) < 4.78 is 25.8. The van der Waals surface area contributed by atoms with Crippen LogP contribution in [0, 0.1) is 0 Å². The molecule has 0 fully saturated rings. The summed E-state index contributed by atoms with van der Waals surface area (Å²) in [6.07, 6.45) is 1.55. The summed E-state index contributed by atoms with van der Waals surface area (Å²) in [5.41, 5.74) is 0. The van der Waals surface area contributed by atoms with E-state index in [1.54, 1.807) is 0 Å². The first-order chi connectivity index (χ1) is 5.77. The third-order valence-corrected chi connectivity index (χ3v) is 2.49. The van der Waals surface area contributed by atoms with Gasteiger partial charge >= 0.3 is 0 Å². The standard InChI is InChI=1S/C10H22F2N/c1-5-13(3,4)9-7-6-8-10(2,11)12/h5-9H2,1-4H3/q+1. The van der Waals surface area contributed by atoms with Crippen LogP contribution in [0.3, 0.4) is 0 Å². The molecule has 0 radical (unpaired) electrons. The molecular formula is C10H22F2N+. The Bertz CT molecular complexity index is 138. The lowest BCUT2D eigenvalue weighted by Gasteiger charge is -2.28. The molecule has 0 aromatic rings. The molecule has 0 amide bonds. The number of hydrogen-bond donors (Lipinski definition) is 0. The van der Waals surface area contributed by atoms with Crippen molar-refractivity contribution < 1.29 is 13.3 Å². The highest BCUT2D eigenvalue weighted by molar-refractivity contribution is 4.57. The molecule has 1 nitrogen and oxygen atoms in total. The van der Waals surface area contributed by atoms with Gasteiger partial charge in [0.25, 0.3) is 0 Å². The molecule has 0 N–H and O–H groups in total. The van der Waals surface area contributed by atoms with Gasteiger partial charge in [-0.15, -0.1) is 0 Å². The zero-order chi connectivity index (χ0) is 10.5. The monoisotopic (exact) mass is 194 g/mol. The predicted octanol–water partition coefficient (Wildman–Crippen LogP) is 2.91. The van der Waals surface area contributed by atoms with E-state index in [-0.39, 0.29) is 6.42 Å². The first kappa shape index (κ1) is 12.8. The second-order valence-corrected chi connectivity index (χ2v) is 4.50. The molecule has 0 unspecified atom stereocenters. The van der Waals surface area contributed by atoms with Crippen LogP contribution >= 0.6 is 0 Å². The van der Waals surface area contributed by atoms with Gasteiger partial charge in [0.1, 0.15) is 0 Å². The van der Waals surface area contributed by atoms with Crippen molar-refractivity contribution in [1.82, 2.24) is 0 Å². The molecule has 80 valence electrons. The van der Waals surface area contributed by atoms with Gasteiger partial charge < -0.3 is 4.48 Å². The Hall–Kier alpha value is -0.180. The average molecular weight is 194 g/mol. The van der Waals surface area contributed by atoms with Gasteiger partial charge in [-0.05, 0) is 26.7 Å². The highest BCUT2D eigenvalue weighted by Crippen LogP contribution is 2.19. The van der Waals surface area contributed by atoms with Gasteiger partial charge in [0.15, 0.2) is 0 Å². The van der Waals surface area contributed by atoms with Gasteiger partial charge in [0, 0.05) is 6.42 Å². The zero-order valence-corrected chi connectivity index (χ0v) is 9.24. The topological polar surface area (TPSA) is 0 Å². The second-order valence-electron chi connectivity index (χ2n) is 4.50. The minimum atomic E-state index is -2.48. The Kier molecular flexibility index (Phi) is 4.82. The molecule has 0 rings (SSSR count). The first-order valence-electron chi connectivity index (χ1n) is 4.97. The van der Waals surface area contributed by atoms with Crippen molar-refractivity contribution in [2.24, 2.45) is 0 Å². The van der Waals surface area contributed by atoms with E-state index < -0.39 is 5.92 Å². The number of hydrogen-bond acceptors (Lipinski definition) is 0. The van der Waals surface area contributed by atoms with Gasteiger partial charge in [0.2, 0.25) is 5.92 Å². The quantitative estimate of drug-likeness (QED) is 0.450. The zero-order valence-electron chi connectivity index (χ0n) is 9.24. The lowest BCUT2D eigenvalue weighted by molar-refractivity contribution is -0.888. The molecule has 0 aliphatic rings. The molecule has 13 heavy (non-hydrogen) atoms. The van der Waals surface area contributed by atoms with Crippen LogP contribution in [-0.4, -0.2) is 37.6 Å². The summed E-state index contributed by atoms with van der Waals surface area (Å²) in [5, 5.41) is 0. The minimum absolute atomic E-state index is 0.0245. The molecule has 0 aromatic heterocycles. The highest BCUT2D eigenvalue weighted by Gasteiger charge is 2.20. The van der Waals surface area contributed by atoms with E-state index in [9.17, 15) is 8.78 Å². The molecule has 0 saturated heterocycles. The fourth-order valence-corrected chi connectivity index (χ4v) is 1.13. The molecule has 0 bridgehead atoms. The van der Waals surface area contributed by atoms with Crippen molar-refractivity contribution in [3.63, 3.8) is 0 Å². The summed E-state index contributed by atoms with van der Waals surface area (Å²) in [6.45, 7) is 5.16. The predicted molar refractivity (Wildman–Crippen MR) is 52.0 cm³/mol. The highest BCUT2D eigenvalue weighted by atomic mass is 19.3. The van der Waals surface area contributed by atoms with E-state index in [2.05, 4.69) is 21.0 Å². The molecule has 0 spiro atoms. The van der Waals surface area contributed by atoms with Crippen LogP contribution in [0.1, 0.15) is 33.1 Å². The van der Waals surface area contributed by atoms with Crippen LogP contribution in [0.5, 0.6) is 0 Å². The van der Waals surface area contributed by atoms with Crippen LogP contribution in [-0.2, 0) is 0 Å². The Morgan fingerprint density at radius 1 is 1.15 bits per heavy atom. The molecule has 0 aliphatic carbocycles. The van der Waals surface area contributed by atoms with Crippen molar-refractivity contribution in [3.8, 4) is 0 Å². The van der Waals surface area contributed by atoms with Crippen LogP contribution in [0.4, 0.5) is 8.78 Å². The van der Waals surface area contributed by atoms with Gasteiger partial charge in [-0.2, -0.15) is 0 Å². The molecular weight excluding hydrogens is 172 g/mol. The normalized spacial score (nSPS) is 13.4. The maximum atomic E-state index is 12.4. The SMILES string of the molecule is CC[N+](C)(C)CCCCC(C)(F)F. The Labute approximate surface area is 80.3 Å². The van der Waals surface area contributed by atoms with Crippen molar-refractivity contribution in [3.05, 3.63) is 0 Å². The van der Waals surface area contributed by atoms with E-state index in [0.717, 1.165) is 30.9 Å². The number of unbranched alkanes of at least 4 members (excludes halogenated alkanes) is 1. The summed E-state index contributed by atoms with van der Waals surface area (Å²) in [5.74, 6) is -2.48. The second kappa shape index (κ2) is 4.89. The number of quaternary nitrogens is 1. The van der Waals surface area contributed by atoms with Crippen molar-refractivity contribution in [2.75, 3.05) is 27.2 Å². The molecule has 0 aliphatic heterocycles. The van der Waals surface area contributed by atoms with Gasteiger partial charge in [-0.3, -0.25) is 0 Å². The molecule has 0 heterocycles. The fraction of sp³-hybridized carbons (Fsp3) is 1.00. The van der Waals surface area contributed by atoms with Gasteiger partial charge in [-0.1, -0.05) is 0 Å². The fourth-order valence-electron chi connectivity index (χ4n) is 1.13. The summed E-state index contributed by atoms with van der Waals surface area (Å²) >= 11 is 0. The number of nitrogens with zero attached hydrogens (tertiary/aromatic N) is 1.